The van der Waals surface area contributed by atoms with Crippen LogP contribution in [-0.2, 0) is 0 Å². The van der Waals surface area contributed by atoms with E-state index in [9.17, 15) is 4.79 Å². The number of ether oxygens (including phenoxy) is 1. The van der Waals surface area contributed by atoms with Crippen LogP contribution < -0.4 is 4.74 Å². The minimum Gasteiger partial charge on any atom is -0.504 e. The Labute approximate surface area is 135 Å². The van der Waals surface area contributed by atoms with Crippen LogP contribution in [0, 0.1) is 19.4 Å². The lowest BCUT2D eigenvalue weighted by molar-refractivity contribution is 0.0697. The minimum absolute atomic E-state index is 0.164. The van der Waals surface area contributed by atoms with Crippen LogP contribution in [-0.4, -0.2) is 22.7 Å². The molecule has 0 bridgehead atoms. The largest absolute Gasteiger partial charge is 0.504 e. The van der Waals surface area contributed by atoms with Crippen molar-refractivity contribution < 1.29 is 14.6 Å². The van der Waals surface area contributed by atoms with E-state index in [1.54, 1.807) is 6.07 Å². The molecule has 0 saturated heterocycles. The zero-order valence-electron chi connectivity index (χ0n) is 13.3. The van der Waals surface area contributed by atoms with Crippen LogP contribution >= 0.6 is 0 Å². The number of hydrogen-bond acceptors (Lipinski definition) is 3. The molecule has 0 radical (unpaired) electrons. The van der Waals surface area contributed by atoms with Crippen LogP contribution in [0.2, 0.25) is 0 Å². The third-order valence-corrected chi connectivity index (χ3v) is 3.24. The van der Waals surface area contributed by atoms with Crippen LogP contribution in [0.4, 0.5) is 5.69 Å². The summed E-state index contributed by atoms with van der Waals surface area (Å²) in [6.45, 7) is 13.9. The minimum atomic E-state index is -1.01. The Morgan fingerprint density at radius 2 is 2.13 bits per heavy atom. The van der Waals surface area contributed by atoms with E-state index in [0.29, 0.717) is 35.2 Å². The van der Waals surface area contributed by atoms with Crippen molar-refractivity contribution in [1.82, 2.24) is 4.98 Å². The average Bonchev–Trinajstić information content (AvgIpc) is 2.52. The van der Waals surface area contributed by atoms with Gasteiger partial charge in [0.25, 0.3) is 0 Å². The number of aromatic carboxylic acids is 1. The lowest BCUT2D eigenvalue weighted by Crippen LogP contribution is -2.05. The van der Waals surface area contributed by atoms with E-state index in [1.807, 2.05) is 26.8 Å². The summed E-state index contributed by atoms with van der Waals surface area (Å²) in [5.41, 5.74) is 2.62. The van der Waals surface area contributed by atoms with Crippen molar-refractivity contribution in [2.75, 3.05) is 6.61 Å². The second-order valence-electron chi connectivity index (χ2n) is 5.69. The molecule has 0 unspecified atom stereocenters. The van der Waals surface area contributed by atoms with E-state index in [2.05, 4.69) is 9.83 Å². The molecule has 1 aromatic carbocycles. The van der Waals surface area contributed by atoms with E-state index in [-0.39, 0.29) is 5.56 Å². The molecule has 0 saturated carbocycles. The van der Waals surface area contributed by atoms with E-state index in [4.69, 9.17) is 16.4 Å². The second-order valence-corrected chi connectivity index (χ2v) is 5.69. The molecule has 0 amide bonds. The summed E-state index contributed by atoms with van der Waals surface area (Å²) < 4.78 is 5.74. The van der Waals surface area contributed by atoms with Gasteiger partial charge in [0.05, 0.1) is 24.4 Å². The lowest BCUT2D eigenvalue weighted by Gasteiger charge is -2.14. The van der Waals surface area contributed by atoms with Crippen molar-refractivity contribution in [1.29, 1.82) is 0 Å². The first-order chi connectivity index (χ1) is 10.9. The zero-order chi connectivity index (χ0) is 17.0. The molecule has 1 heterocycles. The summed E-state index contributed by atoms with van der Waals surface area (Å²) in [7, 11) is 0. The van der Waals surface area contributed by atoms with Gasteiger partial charge < -0.3 is 9.84 Å². The maximum atomic E-state index is 11.1. The Morgan fingerprint density at radius 3 is 2.74 bits per heavy atom. The molecule has 0 aliphatic rings. The Balaban J connectivity index is 2.46. The fraction of sp³-hybridized carbons (Fsp3) is 0.278. The zero-order valence-corrected chi connectivity index (χ0v) is 13.3. The van der Waals surface area contributed by atoms with E-state index in [0.717, 1.165) is 5.56 Å². The van der Waals surface area contributed by atoms with E-state index in [1.165, 1.54) is 18.3 Å². The van der Waals surface area contributed by atoms with Crippen LogP contribution in [0.1, 0.15) is 29.8 Å². The highest BCUT2D eigenvalue weighted by atomic mass is 16.5. The fourth-order valence-corrected chi connectivity index (χ4v) is 2.15. The van der Waals surface area contributed by atoms with Gasteiger partial charge in [-0.1, -0.05) is 13.8 Å². The Hall–Kier alpha value is -2.87. The lowest BCUT2D eigenvalue weighted by atomic mass is 10.0. The van der Waals surface area contributed by atoms with Gasteiger partial charge in [0.1, 0.15) is 5.75 Å². The van der Waals surface area contributed by atoms with Gasteiger partial charge in [-0.3, -0.25) is 4.98 Å². The van der Waals surface area contributed by atoms with Crippen molar-refractivity contribution in [2.24, 2.45) is 5.92 Å². The van der Waals surface area contributed by atoms with Crippen LogP contribution in [0.5, 0.6) is 5.75 Å². The Kier molecular flexibility index (Phi) is 4.97. The first-order valence-corrected chi connectivity index (χ1v) is 7.27. The number of carbonyl (C=O) groups is 1. The Morgan fingerprint density at radius 1 is 1.39 bits per heavy atom. The van der Waals surface area contributed by atoms with Gasteiger partial charge in [0.15, 0.2) is 0 Å². The number of pyridine rings is 1. The van der Waals surface area contributed by atoms with Crippen LogP contribution in [0.25, 0.3) is 16.1 Å². The van der Waals surface area contributed by atoms with Crippen molar-refractivity contribution >= 4 is 11.7 Å². The highest BCUT2D eigenvalue weighted by molar-refractivity contribution is 5.89. The maximum Gasteiger partial charge on any atom is 0.335 e. The van der Waals surface area contributed by atoms with Crippen molar-refractivity contribution in [3.63, 3.8) is 0 Å². The van der Waals surface area contributed by atoms with E-state index < -0.39 is 5.97 Å². The molecule has 1 N–H and O–H groups in total. The smallest absolute Gasteiger partial charge is 0.335 e. The third-order valence-electron chi connectivity index (χ3n) is 3.24. The molecule has 118 valence electrons. The molecular formula is C18H18N2O3. The molecule has 23 heavy (non-hydrogen) atoms. The van der Waals surface area contributed by atoms with Crippen molar-refractivity contribution in [3.05, 3.63) is 53.0 Å². The number of benzene rings is 1. The predicted molar refractivity (Wildman–Crippen MR) is 88.0 cm³/mol. The fourth-order valence-electron chi connectivity index (χ4n) is 2.15. The quantitative estimate of drug-likeness (QED) is 0.834. The number of carboxylic acids is 1. The summed E-state index contributed by atoms with van der Waals surface area (Å²) in [4.78, 5) is 18.8. The first-order valence-electron chi connectivity index (χ1n) is 7.27. The summed E-state index contributed by atoms with van der Waals surface area (Å²) in [6.07, 6.45) is 1.45. The van der Waals surface area contributed by atoms with Gasteiger partial charge in [-0.15, -0.1) is 0 Å². The first kappa shape index (κ1) is 16.5. The number of rotatable bonds is 5. The highest BCUT2D eigenvalue weighted by Gasteiger charge is 2.13. The van der Waals surface area contributed by atoms with Crippen LogP contribution in [0.15, 0.2) is 30.5 Å². The summed E-state index contributed by atoms with van der Waals surface area (Å²) in [6, 6.07) is 6.48. The average molecular weight is 310 g/mol. The van der Waals surface area contributed by atoms with Crippen LogP contribution in [0.3, 0.4) is 0 Å². The maximum absolute atomic E-state index is 11.1. The van der Waals surface area contributed by atoms with Gasteiger partial charge in [-0.2, -0.15) is 0 Å². The second kappa shape index (κ2) is 6.93. The van der Waals surface area contributed by atoms with Gasteiger partial charge in [0.2, 0.25) is 5.69 Å². The monoisotopic (exact) mass is 310 g/mol. The summed E-state index contributed by atoms with van der Waals surface area (Å²) >= 11 is 0. The highest BCUT2D eigenvalue weighted by Crippen LogP contribution is 2.36. The molecule has 0 spiro atoms. The standard InChI is InChI=1S/C18H18N2O3/c1-11(2)10-23-17-12(3)7-14(9-16(17)19-4)15-8-13(18(21)22)5-6-20-15/h5-9,11H,10H2,1-3H3,(H,21,22). The van der Waals surface area contributed by atoms with Crippen molar-refractivity contribution in [3.8, 4) is 17.0 Å². The summed E-state index contributed by atoms with van der Waals surface area (Å²) in [5.74, 6) is -0.0684. The Bertz CT molecular complexity index is 776. The number of carboxylic acid groups (broad SMARTS) is 1. The SMILES string of the molecule is [C-]#[N+]c1cc(-c2cc(C(=O)O)ccn2)cc(C)c1OCC(C)C. The number of nitrogens with zero attached hydrogens (tertiary/aromatic N) is 2. The molecule has 2 aromatic rings. The molecule has 0 aliphatic heterocycles. The molecule has 0 aliphatic carbocycles. The molecule has 1 aromatic heterocycles. The summed E-state index contributed by atoms with van der Waals surface area (Å²) in [5, 5.41) is 9.08. The molecule has 2 rings (SSSR count). The topological polar surface area (TPSA) is 63.8 Å². The van der Waals surface area contributed by atoms with Gasteiger partial charge >= 0.3 is 5.97 Å². The number of aryl methyl sites for hydroxylation is 1. The van der Waals surface area contributed by atoms with Crippen molar-refractivity contribution in [2.45, 2.75) is 20.8 Å². The number of hydrogen-bond donors (Lipinski definition) is 1. The molecule has 0 fully saturated rings. The predicted octanol–water partition coefficient (Wildman–Crippen LogP) is 4.34. The molecule has 5 nitrogen and oxygen atoms in total. The molecular weight excluding hydrogens is 292 g/mol. The van der Waals surface area contributed by atoms with Gasteiger partial charge in [0, 0.05) is 6.20 Å². The molecule has 0 atom stereocenters. The number of aromatic nitrogens is 1. The third kappa shape index (κ3) is 3.86. The normalized spacial score (nSPS) is 10.4. The molecule has 5 heteroatoms. The van der Waals surface area contributed by atoms with E-state index >= 15 is 0 Å². The van der Waals surface area contributed by atoms with Gasteiger partial charge in [-0.25, -0.2) is 9.64 Å². The van der Waals surface area contributed by atoms with Gasteiger partial charge in [-0.05, 0) is 48.2 Å².